The van der Waals surface area contributed by atoms with Crippen molar-refractivity contribution in [2.24, 2.45) is 0 Å². The standard InChI is InChI=1S/C24H20N4O4.C2H6/c1-2-21(29)32-24-19(12-11-16-8-6-14-26-23(16)24)22(27-20-10-3-4-13-25-20)17-7-5-9-18(15-17)28(30)31;1-2/h3-15,22H,2H2,1H3,(H,25,27);1-2H3. The molecule has 2 aromatic carbocycles. The van der Waals surface area contributed by atoms with Gasteiger partial charge in [0.1, 0.15) is 11.3 Å². The fourth-order valence-corrected chi connectivity index (χ4v) is 3.41. The summed E-state index contributed by atoms with van der Waals surface area (Å²) in [5.41, 5.74) is 1.73. The van der Waals surface area contributed by atoms with E-state index in [2.05, 4.69) is 15.3 Å². The van der Waals surface area contributed by atoms with E-state index >= 15 is 0 Å². The molecule has 1 N–H and O–H groups in total. The van der Waals surface area contributed by atoms with Crippen LogP contribution in [0.4, 0.5) is 11.5 Å². The molecule has 2 heterocycles. The Kier molecular flexibility index (Phi) is 8.23. The van der Waals surface area contributed by atoms with Crippen LogP contribution in [0.1, 0.15) is 44.4 Å². The van der Waals surface area contributed by atoms with Crippen molar-refractivity contribution in [3.8, 4) is 5.75 Å². The molecular weight excluding hydrogens is 432 g/mol. The Labute approximate surface area is 197 Å². The molecule has 0 bridgehead atoms. The zero-order valence-corrected chi connectivity index (χ0v) is 19.3. The number of benzene rings is 2. The Hall–Kier alpha value is -4.33. The van der Waals surface area contributed by atoms with E-state index in [4.69, 9.17) is 4.74 Å². The lowest BCUT2D eigenvalue weighted by Crippen LogP contribution is -2.17. The van der Waals surface area contributed by atoms with Crippen LogP contribution in [0.2, 0.25) is 0 Å². The molecule has 0 aliphatic carbocycles. The second kappa shape index (κ2) is 11.5. The molecule has 2 aromatic heterocycles. The molecule has 0 amide bonds. The van der Waals surface area contributed by atoms with Crippen LogP contribution in [0, 0.1) is 10.1 Å². The van der Waals surface area contributed by atoms with Gasteiger partial charge in [0.25, 0.3) is 5.69 Å². The second-order valence-corrected chi connectivity index (χ2v) is 7.03. The van der Waals surface area contributed by atoms with Crippen LogP contribution in [0.3, 0.4) is 0 Å². The SMILES string of the molecule is CC.CCC(=O)Oc1c(C(Nc2ccccn2)c2cccc([N+](=O)[O-])c2)ccc2cccnc12. The van der Waals surface area contributed by atoms with Crippen molar-refractivity contribution in [3.05, 3.63) is 100 Å². The number of carbonyl (C=O) groups is 1. The number of fused-ring (bicyclic) bond motifs is 1. The molecule has 34 heavy (non-hydrogen) atoms. The number of ether oxygens (including phenoxy) is 1. The first-order valence-electron chi connectivity index (χ1n) is 11.1. The summed E-state index contributed by atoms with van der Waals surface area (Å²) in [7, 11) is 0. The highest BCUT2D eigenvalue weighted by atomic mass is 16.6. The molecular formula is C26H26N4O4. The van der Waals surface area contributed by atoms with Gasteiger partial charge in [0.15, 0.2) is 5.75 Å². The Bertz CT molecular complexity index is 1280. The smallest absolute Gasteiger partial charge is 0.310 e. The van der Waals surface area contributed by atoms with Gasteiger partial charge < -0.3 is 10.1 Å². The summed E-state index contributed by atoms with van der Waals surface area (Å²) in [5.74, 6) is 0.479. The van der Waals surface area contributed by atoms with E-state index < -0.39 is 16.9 Å². The van der Waals surface area contributed by atoms with Gasteiger partial charge in [-0.1, -0.05) is 57.2 Å². The van der Waals surface area contributed by atoms with E-state index in [0.717, 1.165) is 5.39 Å². The van der Waals surface area contributed by atoms with Gasteiger partial charge in [-0.05, 0) is 23.8 Å². The quantitative estimate of drug-likeness (QED) is 0.155. The molecule has 0 aliphatic heterocycles. The van der Waals surface area contributed by atoms with Crippen molar-refractivity contribution in [3.63, 3.8) is 0 Å². The van der Waals surface area contributed by atoms with Gasteiger partial charge >= 0.3 is 5.97 Å². The first-order valence-corrected chi connectivity index (χ1v) is 11.1. The number of hydrogen-bond acceptors (Lipinski definition) is 7. The minimum atomic E-state index is -0.587. The van der Waals surface area contributed by atoms with Gasteiger partial charge in [0, 0.05) is 41.9 Å². The molecule has 0 saturated heterocycles. The lowest BCUT2D eigenvalue weighted by Gasteiger charge is -2.23. The summed E-state index contributed by atoms with van der Waals surface area (Å²) in [6, 6.07) is 18.6. The topological polar surface area (TPSA) is 107 Å². The van der Waals surface area contributed by atoms with Crippen molar-refractivity contribution in [1.29, 1.82) is 0 Å². The predicted molar refractivity (Wildman–Crippen MR) is 132 cm³/mol. The third-order valence-corrected chi connectivity index (χ3v) is 4.95. The van der Waals surface area contributed by atoms with E-state index in [9.17, 15) is 14.9 Å². The van der Waals surface area contributed by atoms with Crippen molar-refractivity contribution in [2.75, 3.05) is 5.32 Å². The Balaban J connectivity index is 0.00000158. The highest BCUT2D eigenvalue weighted by Crippen LogP contribution is 2.38. The average molecular weight is 459 g/mol. The summed E-state index contributed by atoms with van der Waals surface area (Å²) in [6.45, 7) is 5.71. The van der Waals surface area contributed by atoms with Gasteiger partial charge in [-0.25, -0.2) is 4.98 Å². The number of hydrogen-bond donors (Lipinski definition) is 1. The predicted octanol–water partition coefficient (Wildman–Crippen LogP) is 6.08. The largest absolute Gasteiger partial charge is 0.424 e. The molecule has 8 nitrogen and oxygen atoms in total. The fraction of sp³-hybridized carbons (Fsp3) is 0.192. The van der Waals surface area contributed by atoms with E-state index in [0.29, 0.717) is 28.2 Å². The van der Waals surface area contributed by atoms with Crippen LogP contribution in [0.15, 0.2) is 79.1 Å². The van der Waals surface area contributed by atoms with E-state index in [1.165, 1.54) is 12.1 Å². The fourth-order valence-electron chi connectivity index (χ4n) is 3.41. The Morgan fingerprint density at radius 2 is 1.82 bits per heavy atom. The first-order chi connectivity index (χ1) is 16.6. The number of esters is 1. The van der Waals surface area contributed by atoms with Crippen molar-refractivity contribution in [2.45, 2.75) is 33.2 Å². The molecule has 1 atom stereocenters. The van der Waals surface area contributed by atoms with E-state index in [1.807, 2.05) is 38.1 Å². The molecule has 0 aliphatic rings. The number of pyridine rings is 2. The highest BCUT2D eigenvalue weighted by Gasteiger charge is 2.24. The molecule has 0 radical (unpaired) electrons. The molecule has 0 spiro atoms. The summed E-state index contributed by atoms with van der Waals surface area (Å²) < 4.78 is 5.73. The maximum Gasteiger partial charge on any atom is 0.310 e. The van der Waals surface area contributed by atoms with Crippen LogP contribution < -0.4 is 10.1 Å². The Morgan fingerprint density at radius 1 is 1.03 bits per heavy atom. The molecule has 174 valence electrons. The van der Waals surface area contributed by atoms with Crippen molar-refractivity contribution in [1.82, 2.24) is 9.97 Å². The molecule has 0 fully saturated rings. The third-order valence-electron chi connectivity index (χ3n) is 4.95. The molecule has 0 saturated carbocycles. The van der Waals surface area contributed by atoms with Gasteiger partial charge in [-0.3, -0.25) is 19.9 Å². The normalized spacial score (nSPS) is 11.1. The highest BCUT2D eigenvalue weighted by molar-refractivity contribution is 5.89. The molecule has 1 unspecified atom stereocenters. The Morgan fingerprint density at radius 3 is 2.53 bits per heavy atom. The number of non-ortho nitro benzene ring substituents is 1. The molecule has 8 heteroatoms. The van der Waals surface area contributed by atoms with Crippen LogP contribution in [0.5, 0.6) is 5.75 Å². The number of rotatable bonds is 7. The molecule has 4 aromatic rings. The average Bonchev–Trinajstić information content (AvgIpc) is 2.89. The zero-order valence-electron chi connectivity index (χ0n) is 19.3. The monoisotopic (exact) mass is 458 g/mol. The first kappa shape index (κ1) is 24.3. The van der Waals surface area contributed by atoms with Gasteiger partial charge in [0.05, 0.1) is 11.0 Å². The number of nitro benzene ring substituents is 1. The lowest BCUT2D eigenvalue weighted by molar-refractivity contribution is -0.384. The van der Waals surface area contributed by atoms with Crippen molar-refractivity contribution < 1.29 is 14.5 Å². The minimum Gasteiger partial charge on any atom is -0.424 e. The zero-order chi connectivity index (χ0) is 24.5. The molecule has 4 rings (SSSR count). The summed E-state index contributed by atoms with van der Waals surface area (Å²) >= 11 is 0. The van der Waals surface area contributed by atoms with Crippen LogP contribution in [0.25, 0.3) is 10.9 Å². The number of nitrogens with zero attached hydrogens (tertiary/aromatic N) is 3. The van der Waals surface area contributed by atoms with Gasteiger partial charge in [-0.2, -0.15) is 0 Å². The maximum atomic E-state index is 12.3. The van der Waals surface area contributed by atoms with Crippen LogP contribution >= 0.6 is 0 Å². The lowest BCUT2D eigenvalue weighted by atomic mass is 9.95. The van der Waals surface area contributed by atoms with Crippen LogP contribution in [-0.4, -0.2) is 20.9 Å². The summed E-state index contributed by atoms with van der Waals surface area (Å²) in [4.78, 5) is 32.0. The number of aromatic nitrogens is 2. The van der Waals surface area contributed by atoms with Crippen molar-refractivity contribution >= 4 is 28.4 Å². The minimum absolute atomic E-state index is 0.0404. The second-order valence-electron chi connectivity index (χ2n) is 7.03. The van der Waals surface area contributed by atoms with Gasteiger partial charge in [-0.15, -0.1) is 0 Å². The summed E-state index contributed by atoms with van der Waals surface area (Å²) in [6.07, 6.45) is 3.47. The number of nitrogens with one attached hydrogen (secondary N) is 1. The van der Waals surface area contributed by atoms with Gasteiger partial charge in [0.2, 0.25) is 0 Å². The van der Waals surface area contributed by atoms with E-state index in [1.54, 1.807) is 49.6 Å². The number of anilines is 1. The van der Waals surface area contributed by atoms with E-state index in [-0.39, 0.29) is 12.1 Å². The number of nitro groups is 1. The van der Waals surface area contributed by atoms with Crippen LogP contribution in [-0.2, 0) is 4.79 Å². The maximum absolute atomic E-state index is 12.3. The third kappa shape index (κ3) is 5.53. The number of carbonyl (C=O) groups excluding carboxylic acids is 1. The summed E-state index contributed by atoms with van der Waals surface area (Å²) in [5, 5.41) is 15.5.